The van der Waals surface area contributed by atoms with Crippen LogP contribution in [-0.2, 0) is 16.1 Å². The van der Waals surface area contributed by atoms with E-state index < -0.39 is 28.4 Å². The van der Waals surface area contributed by atoms with Gasteiger partial charge in [-0.25, -0.2) is 4.98 Å². The van der Waals surface area contributed by atoms with Crippen LogP contribution in [0.4, 0.5) is 5.69 Å². The van der Waals surface area contributed by atoms with Gasteiger partial charge >= 0.3 is 0 Å². The van der Waals surface area contributed by atoms with Crippen LogP contribution in [0.25, 0.3) is 11.4 Å². The highest BCUT2D eigenvalue weighted by atomic mass is 16.6. The minimum absolute atomic E-state index is 0.0285. The van der Waals surface area contributed by atoms with Crippen molar-refractivity contribution in [3.63, 3.8) is 0 Å². The summed E-state index contributed by atoms with van der Waals surface area (Å²) in [6.07, 6.45) is 3.25. The summed E-state index contributed by atoms with van der Waals surface area (Å²) in [5.74, 6) is -1.65. The van der Waals surface area contributed by atoms with E-state index >= 15 is 0 Å². The lowest BCUT2D eigenvalue weighted by Gasteiger charge is -2.24. The van der Waals surface area contributed by atoms with Crippen LogP contribution in [0.3, 0.4) is 0 Å². The van der Waals surface area contributed by atoms with Crippen molar-refractivity contribution in [2.24, 2.45) is 0 Å². The average molecular weight is 472 g/mol. The van der Waals surface area contributed by atoms with Gasteiger partial charge < -0.3 is 18.8 Å². The predicted octanol–water partition coefficient (Wildman–Crippen LogP) is 4.07. The lowest BCUT2D eigenvalue weighted by molar-refractivity contribution is -0.384. The third-order valence-corrected chi connectivity index (χ3v) is 6.17. The molecule has 1 unspecified atom stereocenters. The first-order valence-corrected chi connectivity index (χ1v) is 10.8. The van der Waals surface area contributed by atoms with Gasteiger partial charge in [0.15, 0.2) is 5.76 Å². The SMILES string of the molecule is Cc1cccn2c(C)c(/C(O)=C3\C(=O)C(=O)N(Cc4ccco4)C3c3ccc([N+](=O)[O-])cc3)nc12. The molecule has 1 saturated heterocycles. The highest BCUT2D eigenvalue weighted by Gasteiger charge is 2.47. The maximum absolute atomic E-state index is 13.2. The molecular formula is C25H20N4O6. The number of aliphatic hydroxyl groups excluding tert-OH is 1. The predicted molar refractivity (Wildman–Crippen MR) is 124 cm³/mol. The molecule has 4 heterocycles. The molecule has 0 bridgehead atoms. The molecule has 1 atom stereocenters. The molecule has 0 radical (unpaired) electrons. The lowest BCUT2D eigenvalue weighted by atomic mass is 9.96. The second-order valence-electron chi connectivity index (χ2n) is 8.29. The number of likely N-dealkylation sites (tertiary alicyclic amines) is 1. The molecule has 1 fully saturated rings. The molecule has 10 heteroatoms. The zero-order chi connectivity index (χ0) is 24.9. The van der Waals surface area contributed by atoms with Gasteiger partial charge in [0, 0.05) is 18.3 Å². The number of amides is 1. The number of aliphatic hydroxyl groups is 1. The molecule has 1 aliphatic heterocycles. The zero-order valence-electron chi connectivity index (χ0n) is 18.8. The Labute approximate surface area is 198 Å². The molecule has 1 amide bonds. The van der Waals surface area contributed by atoms with E-state index in [9.17, 15) is 24.8 Å². The second-order valence-corrected chi connectivity index (χ2v) is 8.29. The number of benzene rings is 1. The summed E-state index contributed by atoms with van der Waals surface area (Å²) >= 11 is 0. The number of nitro groups is 1. The fourth-order valence-electron chi connectivity index (χ4n) is 4.41. The summed E-state index contributed by atoms with van der Waals surface area (Å²) in [5.41, 5.74) is 2.43. The molecular weight excluding hydrogens is 452 g/mol. The van der Waals surface area contributed by atoms with Gasteiger partial charge in [-0.05, 0) is 55.3 Å². The van der Waals surface area contributed by atoms with E-state index in [1.807, 2.05) is 19.1 Å². The Morgan fingerprint density at radius 1 is 1.14 bits per heavy atom. The Morgan fingerprint density at radius 3 is 2.51 bits per heavy atom. The summed E-state index contributed by atoms with van der Waals surface area (Å²) in [6, 6.07) is 11.6. The minimum Gasteiger partial charge on any atom is -0.505 e. The van der Waals surface area contributed by atoms with Gasteiger partial charge in [-0.1, -0.05) is 6.07 Å². The first kappa shape index (κ1) is 22.1. The molecule has 5 rings (SSSR count). The van der Waals surface area contributed by atoms with Crippen LogP contribution in [0, 0.1) is 24.0 Å². The Bertz CT molecular complexity index is 1520. The number of hydrogen-bond donors (Lipinski definition) is 1. The number of imidazole rings is 1. The van der Waals surface area contributed by atoms with Crippen molar-refractivity contribution in [1.82, 2.24) is 14.3 Å². The standard InChI is InChI=1S/C25H20N4O6/c1-14-5-3-11-27-15(2)20(26-24(14)27)22(30)19-21(16-7-9-17(10-8-16)29(33)34)28(25(32)23(19)31)13-18-6-4-12-35-18/h3-12,21,30H,13H2,1-2H3/b22-19+. The highest BCUT2D eigenvalue weighted by molar-refractivity contribution is 6.46. The number of furan rings is 1. The van der Waals surface area contributed by atoms with Crippen molar-refractivity contribution in [3.05, 3.63) is 105 Å². The van der Waals surface area contributed by atoms with Crippen molar-refractivity contribution < 1.29 is 24.0 Å². The van der Waals surface area contributed by atoms with E-state index in [-0.39, 0.29) is 23.5 Å². The van der Waals surface area contributed by atoms with Crippen LogP contribution in [0.15, 0.2) is 71.0 Å². The first-order valence-electron chi connectivity index (χ1n) is 10.8. The molecule has 4 aromatic rings. The van der Waals surface area contributed by atoms with Crippen LogP contribution >= 0.6 is 0 Å². The fourth-order valence-corrected chi connectivity index (χ4v) is 4.41. The third kappa shape index (κ3) is 3.55. The highest BCUT2D eigenvalue weighted by Crippen LogP contribution is 2.41. The molecule has 176 valence electrons. The number of nitro benzene ring substituents is 1. The number of carbonyl (C=O) groups is 2. The molecule has 0 saturated carbocycles. The summed E-state index contributed by atoms with van der Waals surface area (Å²) in [4.78, 5) is 42.8. The number of hydrogen-bond acceptors (Lipinski definition) is 7. The Kier molecular flexibility index (Phi) is 5.20. The Morgan fingerprint density at radius 2 is 1.89 bits per heavy atom. The van der Waals surface area contributed by atoms with Gasteiger partial charge in [0.05, 0.1) is 35.0 Å². The molecule has 0 spiro atoms. The first-order chi connectivity index (χ1) is 16.8. The van der Waals surface area contributed by atoms with E-state index in [1.54, 1.807) is 29.7 Å². The molecule has 10 nitrogen and oxygen atoms in total. The van der Waals surface area contributed by atoms with E-state index in [2.05, 4.69) is 4.98 Å². The summed E-state index contributed by atoms with van der Waals surface area (Å²) in [5, 5.41) is 22.5. The summed E-state index contributed by atoms with van der Waals surface area (Å²) in [7, 11) is 0. The minimum atomic E-state index is -0.994. The molecule has 1 aliphatic rings. The van der Waals surface area contributed by atoms with E-state index in [1.165, 1.54) is 35.4 Å². The van der Waals surface area contributed by atoms with Gasteiger partial charge in [0.1, 0.15) is 17.1 Å². The monoisotopic (exact) mass is 472 g/mol. The Balaban J connectivity index is 1.70. The van der Waals surface area contributed by atoms with Gasteiger partial charge in [-0.15, -0.1) is 0 Å². The number of Topliss-reactive ketones (excluding diaryl/α,β-unsaturated/α-hetero) is 1. The van der Waals surface area contributed by atoms with Crippen LogP contribution in [0.5, 0.6) is 0 Å². The number of aromatic nitrogens is 2. The number of pyridine rings is 1. The van der Waals surface area contributed by atoms with E-state index in [0.717, 1.165) is 5.56 Å². The van der Waals surface area contributed by atoms with Crippen molar-refractivity contribution in [2.75, 3.05) is 0 Å². The topological polar surface area (TPSA) is 131 Å². The third-order valence-electron chi connectivity index (χ3n) is 6.17. The average Bonchev–Trinajstić information content (AvgIpc) is 3.54. The normalized spacial score (nSPS) is 17.4. The van der Waals surface area contributed by atoms with Crippen LogP contribution in [0.1, 0.15) is 34.3 Å². The molecule has 1 aromatic carbocycles. The number of rotatable bonds is 5. The van der Waals surface area contributed by atoms with Crippen molar-refractivity contribution in [3.8, 4) is 0 Å². The van der Waals surface area contributed by atoms with Crippen LogP contribution in [-0.4, -0.2) is 36.0 Å². The number of fused-ring (bicyclic) bond motifs is 1. The number of ketones is 1. The van der Waals surface area contributed by atoms with Gasteiger partial charge in [-0.2, -0.15) is 0 Å². The van der Waals surface area contributed by atoms with Crippen molar-refractivity contribution in [2.45, 2.75) is 26.4 Å². The number of aryl methyl sites for hydroxylation is 2. The van der Waals surface area contributed by atoms with Gasteiger partial charge in [-0.3, -0.25) is 19.7 Å². The van der Waals surface area contributed by atoms with Crippen molar-refractivity contribution >= 4 is 28.8 Å². The van der Waals surface area contributed by atoms with Crippen LogP contribution < -0.4 is 0 Å². The molecule has 0 aliphatic carbocycles. The summed E-state index contributed by atoms with van der Waals surface area (Å²) in [6.45, 7) is 3.61. The lowest BCUT2D eigenvalue weighted by Crippen LogP contribution is -2.29. The van der Waals surface area contributed by atoms with E-state index in [0.29, 0.717) is 22.7 Å². The molecule has 1 N–H and O–H groups in total. The van der Waals surface area contributed by atoms with Crippen molar-refractivity contribution in [1.29, 1.82) is 0 Å². The van der Waals surface area contributed by atoms with E-state index in [4.69, 9.17) is 4.42 Å². The number of carbonyl (C=O) groups excluding carboxylic acids is 2. The maximum Gasteiger partial charge on any atom is 0.296 e. The van der Waals surface area contributed by atoms with Gasteiger partial charge in [0.25, 0.3) is 17.4 Å². The molecule has 3 aromatic heterocycles. The summed E-state index contributed by atoms with van der Waals surface area (Å²) < 4.78 is 7.17. The molecule has 35 heavy (non-hydrogen) atoms. The second kappa shape index (κ2) is 8.24. The quantitative estimate of drug-likeness (QED) is 0.152. The maximum atomic E-state index is 13.2. The smallest absolute Gasteiger partial charge is 0.296 e. The largest absolute Gasteiger partial charge is 0.505 e. The zero-order valence-corrected chi connectivity index (χ0v) is 18.8. The number of non-ortho nitro benzene ring substituents is 1. The fraction of sp³-hybridized carbons (Fsp3) is 0.160. The van der Waals surface area contributed by atoms with Crippen LogP contribution in [0.2, 0.25) is 0 Å². The number of nitrogens with zero attached hydrogens (tertiary/aromatic N) is 4. The Hall–Kier alpha value is -4.73. The van der Waals surface area contributed by atoms with Gasteiger partial charge in [0.2, 0.25) is 0 Å².